The number of nitrogens with one attached hydrogen (secondary N) is 1. The van der Waals surface area contributed by atoms with E-state index in [4.69, 9.17) is 0 Å². The van der Waals surface area contributed by atoms with Crippen molar-refractivity contribution in [3.63, 3.8) is 0 Å². The summed E-state index contributed by atoms with van der Waals surface area (Å²) in [6.45, 7) is 8.64. The molecule has 2 aliphatic heterocycles. The lowest BCUT2D eigenvalue weighted by atomic mass is 9.92. The van der Waals surface area contributed by atoms with Crippen LogP contribution in [-0.4, -0.2) is 41.3 Å². The Bertz CT molecular complexity index is 623. The van der Waals surface area contributed by atoms with Gasteiger partial charge in [-0.05, 0) is 38.0 Å². The molecule has 0 saturated carbocycles. The van der Waals surface area contributed by atoms with E-state index in [9.17, 15) is 4.79 Å². The van der Waals surface area contributed by atoms with Gasteiger partial charge >= 0.3 is 0 Å². The molecule has 3 rings (SSSR count). The van der Waals surface area contributed by atoms with Crippen molar-refractivity contribution in [3.8, 4) is 0 Å². The topological polar surface area (TPSA) is 48.5 Å². The Hall–Kier alpha value is -1.88. The van der Waals surface area contributed by atoms with E-state index in [1.54, 1.807) is 0 Å². The predicted octanol–water partition coefficient (Wildman–Crippen LogP) is 2.60. The maximum atomic E-state index is 12.2. The normalized spacial score (nSPS) is 17.7. The number of carbonyl (C=O) groups excluding carboxylic acids is 1. The van der Waals surface area contributed by atoms with Gasteiger partial charge in [0.05, 0.1) is 13.1 Å². The van der Waals surface area contributed by atoms with Crippen LogP contribution in [0.25, 0.3) is 5.70 Å². The molecule has 5 nitrogen and oxygen atoms in total. The van der Waals surface area contributed by atoms with Crippen LogP contribution < -0.4 is 10.4 Å². The molecule has 1 N–H and O–H groups in total. The van der Waals surface area contributed by atoms with Crippen molar-refractivity contribution in [1.82, 2.24) is 15.3 Å². The summed E-state index contributed by atoms with van der Waals surface area (Å²) in [5, 5.41) is 2.11. The number of pyridine rings is 1. The van der Waals surface area contributed by atoms with Gasteiger partial charge in [0, 0.05) is 36.5 Å². The van der Waals surface area contributed by atoms with Gasteiger partial charge in [-0.3, -0.25) is 9.80 Å². The molecule has 5 heteroatoms. The number of nitrogens with zero attached hydrogens (tertiary/aromatic N) is 3. The first-order chi connectivity index (χ1) is 11.1. The van der Waals surface area contributed by atoms with Crippen LogP contribution in [-0.2, 0) is 4.79 Å². The number of unbranched alkanes of at least 4 members (excludes halogenated alkanes) is 1. The molecule has 1 aromatic rings. The van der Waals surface area contributed by atoms with Crippen LogP contribution in [0.2, 0.25) is 0 Å². The number of rotatable bonds is 5. The number of ketones is 1. The number of hydrogen-bond donors (Lipinski definition) is 1. The standard InChI is InChI=1S/C18H26N4O/c1-4-5-9-20-22-11-14-10-15(23)12-21(13(2)3)17(14)16-7-6-8-19-18(16)22/h6-8,13,20H,4-5,9-12H2,1-3H3. The Kier molecular flexibility index (Phi) is 4.66. The first kappa shape index (κ1) is 16.0. The zero-order chi connectivity index (χ0) is 16.4. The number of aromatic nitrogens is 1. The second-order valence-corrected chi connectivity index (χ2v) is 6.61. The van der Waals surface area contributed by atoms with E-state index in [0.717, 1.165) is 37.3 Å². The van der Waals surface area contributed by atoms with Gasteiger partial charge in [-0.1, -0.05) is 13.3 Å². The Morgan fingerprint density at radius 2 is 2.17 bits per heavy atom. The molecule has 0 amide bonds. The second kappa shape index (κ2) is 6.71. The Morgan fingerprint density at radius 3 is 2.91 bits per heavy atom. The van der Waals surface area contributed by atoms with Crippen LogP contribution in [0, 0.1) is 0 Å². The van der Waals surface area contributed by atoms with Crippen molar-refractivity contribution >= 4 is 17.3 Å². The highest BCUT2D eigenvalue weighted by Gasteiger charge is 2.34. The number of hydrogen-bond acceptors (Lipinski definition) is 5. The Morgan fingerprint density at radius 1 is 1.35 bits per heavy atom. The molecule has 0 saturated heterocycles. The fraction of sp³-hybridized carbons (Fsp3) is 0.556. The van der Waals surface area contributed by atoms with Gasteiger partial charge in [-0.2, -0.15) is 0 Å². The van der Waals surface area contributed by atoms with Crippen molar-refractivity contribution < 1.29 is 4.79 Å². The summed E-state index contributed by atoms with van der Waals surface area (Å²) < 4.78 is 0. The summed E-state index contributed by atoms with van der Waals surface area (Å²) in [6, 6.07) is 4.40. The van der Waals surface area contributed by atoms with Crippen molar-refractivity contribution in [2.75, 3.05) is 24.6 Å². The third-order valence-electron chi connectivity index (χ3n) is 4.48. The van der Waals surface area contributed by atoms with E-state index in [-0.39, 0.29) is 0 Å². The monoisotopic (exact) mass is 314 g/mol. The third-order valence-corrected chi connectivity index (χ3v) is 4.48. The molecule has 3 heterocycles. The highest BCUT2D eigenvalue weighted by atomic mass is 16.1. The van der Waals surface area contributed by atoms with E-state index in [1.165, 1.54) is 11.3 Å². The number of anilines is 1. The van der Waals surface area contributed by atoms with Gasteiger partial charge in [0.2, 0.25) is 0 Å². The van der Waals surface area contributed by atoms with Gasteiger partial charge in [0.25, 0.3) is 0 Å². The maximum absolute atomic E-state index is 12.2. The molecule has 2 aliphatic rings. The summed E-state index contributed by atoms with van der Waals surface area (Å²) in [7, 11) is 0. The third kappa shape index (κ3) is 3.11. The van der Waals surface area contributed by atoms with Crippen LogP contribution in [0.15, 0.2) is 23.9 Å². The van der Waals surface area contributed by atoms with E-state index < -0.39 is 0 Å². The van der Waals surface area contributed by atoms with Gasteiger partial charge in [0.1, 0.15) is 0 Å². The van der Waals surface area contributed by atoms with Crippen LogP contribution in [0.1, 0.15) is 45.6 Å². The SMILES string of the molecule is CCCCNN1CC2=C(c3cccnc31)N(C(C)C)CC(=O)C2. The van der Waals surface area contributed by atoms with E-state index >= 15 is 0 Å². The number of carbonyl (C=O) groups is 1. The quantitative estimate of drug-likeness (QED) is 0.847. The molecule has 124 valence electrons. The molecule has 1 aromatic heterocycles. The molecule has 0 unspecified atom stereocenters. The van der Waals surface area contributed by atoms with Crippen molar-refractivity contribution in [2.24, 2.45) is 0 Å². The first-order valence-electron chi connectivity index (χ1n) is 8.58. The maximum Gasteiger partial charge on any atom is 0.156 e. The fourth-order valence-electron chi connectivity index (χ4n) is 3.35. The van der Waals surface area contributed by atoms with Crippen LogP contribution in [0.5, 0.6) is 0 Å². The molecule has 0 aromatic carbocycles. The highest BCUT2D eigenvalue weighted by molar-refractivity contribution is 5.93. The van der Waals surface area contributed by atoms with Gasteiger partial charge in [-0.15, -0.1) is 0 Å². The summed E-state index contributed by atoms with van der Waals surface area (Å²) in [4.78, 5) is 19.0. The minimum absolute atomic E-state index is 0.303. The summed E-state index contributed by atoms with van der Waals surface area (Å²) in [5.41, 5.74) is 7.04. The molecule has 23 heavy (non-hydrogen) atoms. The summed E-state index contributed by atoms with van der Waals surface area (Å²) in [5.74, 6) is 1.28. The van der Waals surface area contributed by atoms with Gasteiger partial charge in [0.15, 0.2) is 11.6 Å². The lowest BCUT2D eigenvalue weighted by Crippen LogP contribution is -2.48. The molecular weight excluding hydrogens is 288 g/mol. The largest absolute Gasteiger partial charge is 0.361 e. The summed E-state index contributed by atoms with van der Waals surface area (Å²) in [6.07, 6.45) is 4.68. The van der Waals surface area contributed by atoms with Crippen LogP contribution >= 0.6 is 0 Å². The molecule has 0 bridgehead atoms. The van der Waals surface area contributed by atoms with Crippen molar-refractivity contribution in [2.45, 2.75) is 46.1 Å². The first-order valence-corrected chi connectivity index (χ1v) is 8.58. The van der Waals surface area contributed by atoms with E-state index in [1.807, 2.05) is 12.3 Å². The van der Waals surface area contributed by atoms with E-state index in [0.29, 0.717) is 24.8 Å². The summed E-state index contributed by atoms with van der Waals surface area (Å²) >= 11 is 0. The molecular formula is C18H26N4O. The minimum atomic E-state index is 0.303. The van der Waals surface area contributed by atoms with Gasteiger partial charge in [-0.25, -0.2) is 10.4 Å². The predicted molar refractivity (Wildman–Crippen MR) is 92.9 cm³/mol. The molecule has 0 atom stereocenters. The Labute approximate surface area is 138 Å². The molecule has 0 spiro atoms. The van der Waals surface area contributed by atoms with Crippen molar-refractivity contribution in [3.05, 3.63) is 29.5 Å². The lowest BCUT2D eigenvalue weighted by Gasteiger charge is -2.42. The molecule has 0 fully saturated rings. The number of Topliss-reactive ketones (excluding diaryl/α,β-unsaturated/α-hetero) is 1. The minimum Gasteiger partial charge on any atom is -0.361 e. The van der Waals surface area contributed by atoms with Crippen molar-refractivity contribution in [1.29, 1.82) is 0 Å². The van der Waals surface area contributed by atoms with E-state index in [2.05, 4.69) is 47.2 Å². The number of hydrazine groups is 1. The van der Waals surface area contributed by atoms with Gasteiger partial charge < -0.3 is 4.90 Å². The zero-order valence-electron chi connectivity index (χ0n) is 14.3. The zero-order valence-corrected chi connectivity index (χ0v) is 14.3. The van der Waals surface area contributed by atoms with Crippen LogP contribution in [0.4, 0.5) is 5.82 Å². The van der Waals surface area contributed by atoms with Crippen LogP contribution in [0.3, 0.4) is 0 Å². The Balaban J connectivity index is 1.99. The highest BCUT2D eigenvalue weighted by Crippen LogP contribution is 2.38. The second-order valence-electron chi connectivity index (χ2n) is 6.61. The lowest BCUT2D eigenvalue weighted by molar-refractivity contribution is -0.119. The molecule has 0 aliphatic carbocycles. The average Bonchev–Trinajstić information content (AvgIpc) is 2.54. The number of fused-ring (bicyclic) bond motifs is 2. The average molecular weight is 314 g/mol. The fourth-order valence-corrected chi connectivity index (χ4v) is 3.35. The smallest absolute Gasteiger partial charge is 0.156 e. The molecule has 0 radical (unpaired) electrons.